The highest BCUT2D eigenvalue weighted by Crippen LogP contribution is 2.49. The Morgan fingerprint density at radius 2 is 1.75 bits per heavy atom. The summed E-state index contributed by atoms with van der Waals surface area (Å²) in [7, 11) is 0. The van der Waals surface area contributed by atoms with Crippen molar-refractivity contribution < 1.29 is 23.2 Å². The van der Waals surface area contributed by atoms with E-state index in [2.05, 4.69) is 10.6 Å². The molecule has 2 N–H and O–H groups in total. The molecule has 0 spiro atoms. The highest BCUT2D eigenvalue weighted by molar-refractivity contribution is 6.05. The zero-order valence-corrected chi connectivity index (χ0v) is 15.3. The second kappa shape index (κ2) is 6.34. The molecule has 4 aliphatic rings. The first-order valence-electron chi connectivity index (χ1n) is 9.82. The molecule has 3 heterocycles. The van der Waals surface area contributed by atoms with Gasteiger partial charge in [0, 0.05) is 13.0 Å². The molecule has 1 aliphatic carbocycles. The molecular formula is C20H21F2N3O3. The summed E-state index contributed by atoms with van der Waals surface area (Å²) in [6.07, 6.45) is 2.38. The summed E-state index contributed by atoms with van der Waals surface area (Å²) >= 11 is 0. The van der Waals surface area contributed by atoms with Crippen LogP contribution in [0.1, 0.15) is 53.1 Å². The fourth-order valence-electron chi connectivity index (χ4n) is 5.58. The Kier molecular flexibility index (Phi) is 4.01. The Morgan fingerprint density at radius 1 is 1.04 bits per heavy atom. The fraction of sp³-hybridized carbons (Fsp3) is 0.550. The lowest BCUT2D eigenvalue weighted by molar-refractivity contribution is -0.136. The minimum absolute atomic E-state index is 0.0797. The lowest BCUT2D eigenvalue weighted by Gasteiger charge is -2.33. The topological polar surface area (TPSA) is 78.5 Å². The molecule has 28 heavy (non-hydrogen) atoms. The number of hydrogen-bond acceptors (Lipinski definition) is 4. The maximum absolute atomic E-state index is 14.6. The van der Waals surface area contributed by atoms with Crippen LogP contribution < -0.4 is 10.6 Å². The van der Waals surface area contributed by atoms with E-state index in [1.165, 1.54) is 11.0 Å². The van der Waals surface area contributed by atoms with E-state index >= 15 is 0 Å². The molecule has 8 heteroatoms. The van der Waals surface area contributed by atoms with Crippen LogP contribution in [0.4, 0.5) is 8.78 Å². The number of nitrogens with one attached hydrogen (secondary N) is 2. The van der Waals surface area contributed by atoms with Gasteiger partial charge >= 0.3 is 0 Å². The molecule has 2 bridgehead atoms. The van der Waals surface area contributed by atoms with Gasteiger partial charge < -0.3 is 10.2 Å². The van der Waals surface area contributed by atoms with Gasteiger partial charge in [0.25, 0.3) is 5.91 Å². The number of halogens is 2. The van der Waals surface area contributed by atoms with Crippen LogP contribution in [0.15, 0.2) is 6.07 Å². The predicted octanol–water partition coefficient (Wildman–Crippen LogP) is 1.44. The molecule has 3 amide bonds. The van der Waals surface area contributed by atoms with Gasteiger partial charge in [-0.3, -0.25) is 19.7 Å². The van der Waals surface area contributed by atoms with Gasteiger partial charge in [0.2, 0.25) is 11.8 Å². The van der Waals surface area contributed by atoms with Crippen LogP contribution in [0, 0.1) is 23.5 Å². The Labute approximate surface area is 160 Å². The van der Waals surface area contributed by atoms with E-state index in [0.29, 0.717) is 23.0 Å². The van der Waals surface area contributed by atoms with E-state index in [1.54, 1.807) is 0 Å². The molecule has 6 nitrogen and oxygen atoms in total. The Morgan fingerprint density at radius 3 is 2.43 bits per heavy atom. The number of imide groups is 1. The maximum Gasteiger partial charge on any atom is 0.258 e. The van der Waals surface area contributed by atoms with Crippen molar-refractivity contribution in [1.29, 1.82) is 0 Å². The van der Waals surface area contributed by atoms with Crippen LogP contribution in [0.3, 0.4) is 0 Å². The minimum atomic E-state index is -1.14. The Hall–Kier alpha value is -2.35. The van der Waals surface area contributed by atoms with Crippen molar-refractivity contribution in [2.24, 2.45) is 11.8 Å². The van der Waals surface area contributed by atoms with Gasteiger partial charge in [0.05, 0.1) is 5.56 Å². The van der Waals surface area contributed by atoms with Gasteiger partial charge in [-0.05, 0) is 67.3 Å². The first-order chi connectivity index (χ1) is 13.5. The van der Waals surface area contributed by atoms with Crippen LogP contribution in [0.2, 0.25) is 0 Å². The number of carbonyl (C=O) groups is 3. The summed E-state index contributed by atoms with van der Waals surface area (Å²) in [5, 5.41) is 5.62. The summed E-state index contributed by atoms with van der Waals surface area (Å²) in [6, 6.07) is 0.425. The average molecular weight is 389 g/mol. The van der Waals surface area contributed by atoms with E-state index in [1.807, 2.05) is 0 Å². The summed E-state index contributed by atoms with van der Waals surface area (Å²) < 4.78 is 29.1. The maximum atomic E-state index is 14.6. The lowest BCUT2D eigenvalue weighted by Crippen LogP contribution is -2.52. The first-order valence-corrected chi connectivity index (χ1v) is 9.82. The van der Waals surface area contributed by atoms with Crippen molar-refractivity contribution in [3.8, 4) is 0 Å². The molecule has 5 rings (SSSR count). The monoisotopic (exact) mass is 389 g/mol. The quantitative estimate of drug-likeness (QED) is 0.751. The second-order valence-electron chi connectivity index (χ2n) is 8.30. The van der Waals surface area contributed by atoms with Crippen molar-refractivity contribution in [1.82, 2.24) is 15.5 Å². The summed E-state index contributed by atoms with van der Waals surface area (Å²) in [4.78, 5) is 37.9. The summed E-state index contributed by atoms with van der Waals surface area (Å²) in [5.74, 6) is -2.97. The van der Waals surface area contributed by atoms with Gasteiger partial charge in [-0.2, -0.15) is 0 Å². The van der Waals surface area contributed by atoms with Gasteiger partial charge in [0.1, 0.15) is 6.04 Å². The number of piperidine rings is 2. The third kappa shape index (κ3) is 2.50. The highest BCUT2D eigenvalue weighted by Gasteiger charge is 2.46. The van der Waals surface area contributed by atoms with Gasteiger partial charge in [-0.1, -0.05) is 0 Å². The third-order valence-corrected chi connectivity index (χ3v) is 6.85. The van der Waals surface area contributed by atoms with Crippen molar-refractivity contribution in [2.45, 2.75) is 44.2 Å². The number of rotatable bonds is 2. The number of fused-ring (bicyclic) bond motifs is 3. The van der Waals surface area contributed by atoms with E-state index in [-0.39, 0.29) is 36.8 Å². The summed E-state index contributed by atoms with van der Waals surface area (Å²) in [5.41, 5.74) is 0.987. The molecule has 2 saturated heterocycles. The molecule has 1 saturated carbocycles. The fourth-order valence-corrected chi connectivity index (χ4v) is 5.58. The molecule has 3 unspecified atom stereocenters. The lowest BCUT2D eigenvalue weighted by atomic mass is 9.78. The number of amides is 3. The molecule has 1 aromatic carbocycles. The number of nitrogens with zero attached hydrogens (tertiary/aromatic N) is 1. The van der Waals surface area contributed by atoms with Gasteiger partial charge in [-0.15, -0.1) is 0 Å². The Bertz CT molecular complexity index is 887. The van der Waals surface area contributed by atoms with Crippen LogP contribution in [-0.2, 0) is 16.1 Å². The molecule has 3 atom stereocenters. The normalized spacial score (nSPS) is 31.9. The largest absolute Gasteiger partial charge is 0.322 e. The van der Waals surface area contributed by atoms with Crippen LogP contribution in [0.5, 0.6) is 0 Å². The second-order valence-corrected chi connectivity index (χ2v) is 8.30. The van der Waals surface area contributed by atoms with Crippen LogP contribution in [-0.4, -0.2) is 41.8 Å². The molecule has 148 valence electrons. The van der Waals surface area contributed by atoms with Crippen molar-refractivity contribution >= 4 is 17.7 Å². The number of carbonyl (C=O) groups excluding carboxylic acids is 3. The molecule has 1 aromatic rings. The molecule has 3 fully saturated rings. The van der Waals surface area contributed by atoms with Gasteiger partial charge in [-0.25, -0.2) is 8.78 Å². The average Bonchev–Trinajstić information content (AvgIpc) is 3.12. The zero-order chi connectivity index (χ0) is 19.6. The zero-order valence-electron chi connectivity index (χ0n) is 15.3. The first kappa shape index (κ1) is 17.7. The standard InChI is InChI=1S/C20H21F2N3O3/c21-13-5-11(16-9-1-2-10(16)7-23-6-9)12-8-25(20(28)17(12)18(13)22)14-3-4-15(26)24-19(14)27/h5,9-10,14,16,23H,1-4,6-8H2,(H,24,26,27). The van der Waals surface area contributed by atoms with Crippen LogP contribution in [0.25, 0.3) is 0 Å². The summed E-state index contributed by atoms with van der Waals surface area (Å²) in [6.45, 7) is 1.75. The number of hydrogen-bond donors (Lipinski definition) is 2. The Balaban J connectivity index is 1.55. The SMILES string of the molecule is O=C1CCC(N2Cc3c(C4C5CCC4CNC5)cc(F)c(F)c3C2=O)C(=O)N1. The van der Waals surface area contributed by atoms with E-state index in [4.69, 9.17) is 0 Å². The van der Waals surface area contributed by atoms with E-state index in [0.717, 1.165) is 25.9 Å². The highest BCUT2D eigenvalue weighted by atomic mass is 19.2. The van der Waals surface area contributed by atoms with E-state index in [9.17, 15) is 23.2 Å². The minimum Gasteiger partial charge on any atom is -0.322 e. The van der Waals surface area contributed by atoms with Crippen molar-refractivity contribution in [2.75, 3.05) is 13.1 Å². The molecule has 0 radical (unpaired) electrons. The third-order valence-electron chi connectivity index (χ3n) is 6.85. The van der Waals surface area contributed by atoms with E-state index < -0.39 is 29.5 Å². The van der Waals surface area contributed by atoms with Crippen molar-refractivity contribution in [3.63, 3.8) is 0 Å². The van der Waals surface area contributed by atoms with Crippen LogP contribution >= 0.6 is 0 Å². The van der Waals surface area contributed by atoms with Gasteiger partial charge in [0.15, 0.2) is 11.6 Å². The molecule has 0 aromatic heterocycles. The van der Waals surface area contributed by atoms with Crippen molar-refractivity contribution in [3.05, 3.63) is 34.4 Å². The molecular weight excluding hydrogens is 368 g/mol. The number of benzene rings is 1. The predicted molar refractivity (Wildman–Crippen MR) is 94.2 cm³/mol. The molecule has 3 aliphatic heterocycles. The smallest absolute Gasteiger partial charge is 0.258 e.